The Morgan fingerprint density at radius 1 is 0.857 bits per heavy atom. The number of anilines is 1. The highest BCUT2D eigenvalue weighted by atomic mass is 16.5. The summed E-state index contributed by atoms with van der Waals surface area (Å²) in [5.74, 6) is 0.535. The molecule has 0 atom stereocenters. The molecule has 1 heterocycles. The molecule has 0 spiro atoms. The fourth-order valence-electron chi connectivity index (χ4n) is 4.01. The van der Waals surface area contributed by atoms with Crippen LogP contribution in [0, 0.1) is 6.92 Å². The van der Waals surface area contributed by atoms with Gasteiger partial charge in [-0.15, -0.1) is 0 Å². The number of ether oxygens (including phenoxy) is 3. The van der Waals surface area contributed by atoms with Gasteiger partial charge in [-0.25, -0.2) is 4.79 Å². The zero-order valence-electron chi connectivity index (χ0n) is 20.0. The Morgan fingerprint density at radius 3 is 2.26 bits per heavy atom. The lowest BCUT2D eigenvalue weighted by Gasteiger charge is -2.10. The Morgan fingerprint density at radius 2 is 1.57 bits per heavy atom. The molecule has 0 aliphatic rings. The maximum Gasteiger partial charge on any atom is 0.340 e. The van der Waals surface area contributed by atoms with E-state index >= 15 is 0 Å². The average Bonchev–Trinajstić information content (AvgIpc) is 3.16. The van der Waals surface area contributed by atoms with Crippen LogP contribution in [0.1, 0.15) is 29.9 Å². The highest BCUT2D eigenvalue weighted by molar-refractivity contribution is 6.07. The van der Waals surface area contributed by atoms with Gasteiger partial charge in [0.15, 0.2) is 6.61 Å². The van der Waals surface area contributed by atoms with Crippen molar-refractivity contribution in [3.05, 3.63) is 84.1 Å². The van der Waals surface area contributed by atoms with Crippen LogP contribution in [0.15, 0.2) is 72.8 Å². The van der Waals surface area contributed by atoms with Gasteiger partial charge in [0.05, 0.1) is 24.3 Å². The van der Waals surface area contributed by atoms with E-state index in [1.807, 2.05) is 54.8 Å². The van der Waals surface area contributed by atoms with Crippen molar-refractivity contribution < 1.29 is 23.8 Å². The minimum Gasteiger partial charge on any atom is -0.494 e. The second-order valence-electron chi connectivity index (χ2n) is 7.83. The van der Waals surface area contributed by atoms with E-state index in [9.17, 15) is 9.59 Å². The van der Waals surface area contributed by atoms with Crippen LogP contribution in [0.3, 0.4) is 0 Å². The second kappa shape index (κ2) is 10.8. The number of para-hydroxylation sites is 1. The molecule has 0 aliphatic carbocycles. The summed E-state index contributed by atoms with van der Waals surface area (Å²) in [6.07, 6.45) is 0. The predicted octanol–water partition coefficient (Wildman–Crippen LogP) is 5.53. The number of nitrogens with one attached hydrogen (secondary N) is 1. The summed E-state index contributed by atoms with van der Waals surface area (Å²) in [6, 6.07) is 22.4. The number of nitrogens with zero attached hydrogens (tertiary/aromatic N) is 1. The maximum atomic E-state index is 12.8. The number of benzene rings is 3. The number of fused-ring (bicyclic) bond motifs is 1. The highest BCUT2D eigenvalue weighted by Crippen LogP contribution is 2.32. The van der Waals surface area contributed by atoms with Crippen LogP contribution in [0.5, 0.6) is 11.5 Å². The maximum absolute atomic E-state index is 12.8. The van der Waals surface area contributed by atoms with E-state index in [1.54, 1.807) is 43.3 Å². The lowest BCUT2D eigenvalue weighted by Crippen LogP contribution is -2.20. The zero-order chi connectivity index (χ0) is 24.8. The van der Waals surface area contributed by atoms with Gasteiger partial charge in [-0.3, -0.25) is 4.79 Å². The van der Waals surface area contributed by atoms with E-state index in [1.165, 1.54) is 0 Å². The van der Waals surface area contributed by atoms with E-state index in [-0.39, 0.29) is 19.1 Å². The van der Waals surface area contributed by atoms with E-state index in [0.29, 0.717) is 29.0 Å². The van der Waals surface area contributed by atoms with Crippen molar-refractivity contribution in [2.75, 3.05) is 25.1 Å². The molecule has 0 saturated carbocycles. The Bertz CT molecular complexity index is 1330. The second-order valence-corrected chi connectivity index (χ2v) is 7.83. The number of hydrogen-bond acceptors (Lipinski definition) is 5. The molecule has 1 aromatic heterocycles. The molecular weight excluding hydrogens is 444 g/mol. The summed E-state index contributed by atoms with van der Waals surface area (Å²) in [4.78, 5) is 25.2. The van der Waals surface area contributed by atoms with Crippen molar-refractivity contribution in [2.24, 2.45) is 0 Å². The van der Waals surface area contributed by atoms with Gasteiger partial charge in [0.2, 0.25) is 0 Å². The van der Waals surface area contributed by atoms with Gasteiger partial charge in [-0.1, -0.05) is 18.2 Å². The van der Waals surface area contributed by atoms with Crippen LogP contribution < -0.4 is 14.8 Å². The molecule has 4 aromatic rings. The quantitative estimate of drug-likeness (QED) is 0.324. The first kappa shape index (κ1) is 23.9. The van der Waals surface area contributed by atoms with Crippen LogP contribution >= 0.6 is 0 Å². The molecule has 180 valence electrons. The van der Waals surface area contributed by atoms with Crippen molar-refractivity contribution in [2.45, 2.75) is 20.8 Å². The Balaban J connectivity index is 1.57. The minimum atomic E-state index is -0.393. The molecule has 0 unspecified atom stereocenters. The van der Waals surface area contributed by atoms with Gasteiger partial charge < -0.3 is 24.1 Å². The molecule has 0 radical (unpaired) electrons. The highest BCUT2D eigenvalue weighted by Gasteiger charge is 2.22. The number of amides is 1. The largest absolute Gasteiger partial charge is 0.494 e. The smallest absolute Gasteiger partial charge is 0.340 e. The number of carbonyl (C=O) groups excluding carboxylic acids is 2. The van der Waals surface area contributed by atoms with Crippen molar-refractivity contribution in [3.8, 4) is 17.2 Å². The van der Waals surface area contributed by atoms with Crippen LogP contribution in [-0.4, -0.2) is 36.3 Å². The Labute approximate surface area is 204 Å². The van der Waals surface area contributed by atoms with E-state index < -0.39 is 5.97 Å². The van der Waals surface area contributed by atoms with Crippen molar-refractivity contribution in [1.29, 1.82) is 0 Å². The van der Waals surface area contributed by atoms with Gasteiger partial charge >= 0.3 is 5.97 Å². The molecule has 7 nitrogen and oxygen atoms in total. The van der Waals surface area contributed by atoms with E-state index in [4.69, 9.17) is 14.2 Å². The van der Waals surface area contributed by atoms with Gasteiger partial charge in [-0.2, -0.15) is 0 Å². The van der Waals surface area contributed by atoms with Crippen molar-refractivity contribution >= 4 is 28.5 Å². The molecule has 1 amide bonds. The molecule has 7 heteroatoms. The molecule has 1 N–H and O–H groups in total. The summed E-state index contributed by atoms with van der Waals surface area (Å²) < 4.78 is 18.5. The third-order valence-corrected chi connectivity index (χ3v) is 5.49. The van der Waals surface area contributed by atoms with E-state index in [2.05, 4.69) is 5.32 Å². The summed E-state index contributed by atoms with van der Waals surface area (Å²) in [7, 11) is 0. The summed E-state index contributed by atoms with van der Waals surface area (Å²) in [5.41, 5.74) is 3.69. The fraction of sp³-hybridized carbons (Fsp3) is 0.214. The third kappa shape index (κ3) is 5.30. The number of hydrogen-bond donors (Lipinski definition) is 1. The molecular formula is C28H28N2O5. The SMILES string of the molecule is CCOC(=O)c1c(C)n(-c2ccccc2)c2ccc(OCC(=O)Nc3ccc(OCC)cc3)cc12. The minimum absolute atomic E-state index is 0.175. The monoisotopic (exact) mass is 472 g/mol. The fourth-order valence-corrected chi connectivity index (χ4v) is 4.01. The van der Waals surface area contributed by atoms with Crippen molar-refractivity contribution in [1.82, 2.24) is 4.57 Å². The standard InChI is InChI=1S/C28H28N2O5/c1-4-33-22-13-11-20(12-14-22)29-26(31)18-35-23-15-16-25-24(17-23)27(28(32)34-5-2)19(3)30(25)21-9-7-6-8-10-21/h6-17H,4-5,18H2,1-3H3,(H,29,31). The van der Waals surface area contributed by atoms with Gasteiger partial charge in [0, 0.05) is 22.5 Å². The summed E-state index contributed by atoms with van der Waals surface area (Å²) in [5, 5.41) is 3.51. The van der Waals surface area contributed by atoms with Crippen LogP contribution in [0.2, 0.25) is 0 Å². The Hall–Kier alpha value is -4.26. The number of rotatable bonds is 9. The first-order chi connectivity index (χ1) is 17.0. The van der Waals surface area contributed by atoms with Crippen molar-refractivity contribution in [3.63, 3.8) is 0 Å². The van der Waals surface area contributed by atoms with Gasteiger partial charge in [0.25, 0.3) is 5.91 Å². The molecule has 35 heavy (non-hydrogen) atoms. The topological polar surface area (TPSA) is 78.8 Å². The Kier molecular flexibility index (Phi) is 7.35. The molecule has 0 bridgehead atoms. The number of carbonyl (C=O) groups is 2. The van der Waals surface area contributed by atoms with Crippen LogP contribution in [0.25, 0.3) is 16.6 Å². The number of aromatic nitrogens is 1. The molecule has 0 aliphatic heterocycles. The first-order valence-electron chi connectivity index (χ1n) is 11.5. The number of esters is 1. The average molecular weight is 473 g/mol. The summed E-state index contributed by atoms with van der Waals surface area (Å²) >= 11 is 0. The predicted molar refractivity (Wildman–Crippen MR) is 136 cm³/mol. The molecule has 0 fully saturated rings. The first-order valence-corrected chi connectivity index (χ1v) is 11.5. The molecule has 4 rings (SSSR count). The molecule has 0 saturated heterocycles. The third-order valence-electron chi connectivity index (χ3n) is 5.49. The lowest BCUT2D eigenvalue weighted by molar-refractivity contribution is -0.118. The van der Waals surface area contributed by atoms with Crippen LogP contribution in [-0.2, 0) is 9.53 Å². The van der Waals surface area contributed by atoms with Crippen LogP contribution in [0.4, 0.5) is 5.69 Å². The summed E-state index contributed by atoms with van der Waals surface area (Å²) in [6.45, 7) is 6.27. The lowest BCUT2D eigenvalue weighted by atomic mass is 10.1. The normalized spacial score (nSPS) is 10.7. The zero-order valence-corrected chi connectivity index (χ0v) is 20.0. The van der Waals surface area contributed by atoms with E-state index in [0.717, 1.165) is 22.6 Å². The molecule has 3 aromatic carbocycles. The van der Waals surface area contributed by atoms with Gasteiger partial charge in [-0.05, 0) is 75.4 Å². The van der Waals surface area contributed by atoms with Gasteiger partial charge in [0.1, 0.15) is 11.5 Å².